The van der Waals surface area contributed by atoms with E-state index in [2.05, 4.69) is 25.6 Å². The third-order valence-electron chi connectivity index (χ3n) is 6.52. The van der Waals surface area contributed by atoms with Gasteiger partial charge in [-0.05, 0) is 61.4 Å². The first-order chi connectivity index (χ1) is 16.8. The number of halogens is 3. The van der Waals surface area contributed by atoms with Crippen molar-refractivity contribution in [2.75, 3.05) is 12.4 Å². The zero-order valence-corrected chi connectivity index (χ0v) is 20.3. The van der Waals surface area contributed by atoms with Gasteiger partial charge in [-0.2, -0.15) is 13.2 Å². The van der Waals surface area contributed by atoms with Gasteiger partial charge in [0, 0.05) is 11.9 Å². The zero-order valence-electron chi connectivity index (χ0n) is 20.3. The van der Waals surface area contributed by atoms with Crippen LogP contribution in [0.5, 0.6) is 0 Å². The molecule has 0 unspecified atom stereocenters. The summed E-state index contributed by atoms with van der Waals surface area (Å²) >= 11 is 0. The summed E-state index contributed by atoms with van der Waals surface area (Å²) in [4.78, 5) is 19.6. The average Bonchev–Trinajstić information content (AvgIpc) is 3.29. The number of hydrogen-bond donors (Lipinski definition) is 2. The number of carbonyl (C=O) groups is 1. The van der Waals surface area contributed by atoms with Crippen LogP contribution in [0.4, 0.5) is 24.8 Å². The van der Waals surface area contributed by atoms with Gasteiger partial charge in [-0.15, -0.1) is 5.10 Å². The van der Waals surface area contributed by atoms with E-state index in [-0.39, 0.29) is 17.8 Å². The number of nitrogens with zero attached hydrogens (tertiary/aromatic N) is 5. The van der Waals surface area contributed by atoms with Gasteiger partial charge in [-0.1, -0.05) is 19.1 Å². The Kier molecular flexibility index (Phi) is 6.50. The second-order valence-electron chi connectivity index (χ2n) is 9.81. The molecule has 1 aliphatic rings. The van der Waals surface area contributed by atoms with Crippen molar-refractivity contribution in [2.24, 2.45) is 11.3 Å². The Morgan fingerprint density at radius 3 is 2.69 bits per heavy atom. The maximum Gasteiger partial charge on any atom is 0.433 e. The molecule has 0 spiro atoms. The van der Waals surface area contributed by atoms with E-state index in [0.29, 0.717) is 36.3 Å². The molecule has 2 heterocycles. The Morgan fingerprint density at radius 2 is 2.03 bits per heavy atom. The molecule has 1 aliphatic carbocycles. The van der Waals surface area contributed by atoms with Crippen LogP contribution in [0.3, 0.4) is 0 Å². The second kappa shape index (κ2) is 9.16. The topological polar surface area (TPSA) is 115 Å². The minimum absolute atomic E-state index is 0.195. The standard InChI is InChI=1S/C24H27F3N6O3/c1-14-9-15(29-21-28-8-6-18(30-21)24(25,26)27)11-16(10-14)33-12-19(31-32-33)23(35)7-5-17(20(34)36-4)22(2,3)13-23/h6,8-12,17,35H,5,7,13H2,1-4H3,(H,28,29,30)/t17-,23-/m1/s1. The molecule has 1 aromatic carbocycles. The Hall–Kier alpha value is -3.54. The summed E-state index contributed by atoms with van der Waals surface area (Å²) in [5.74, 6) is -0.823. The summed E-state index contributed by atoms with van der Waals surface area (Å²) in [5, 5.41) is 22.6. The minimum atomic E-state index is -4.58. The van der Waals surface area contributed by atoms with Crippen LogP contribution in [0, 0.1) is 18.3 Å². The average molecular weight is 505 g/mol. The fourth-order valence-corrected chi connectivity index (χ4v) is 4.81. The highest BCUT2D eigenvalue weighted by atomic mass is 19.4. The van der Waals surface area contributed by atoms with E-state index in [9.17, 15) is 23.1 Å². The number of methoxy groups -OCH3 is 1. The number of esters is 1. The molecule has 1 saturated carbocycles. The number of ether oxygens (including phenoxy) is 1. The third kappa shape index (κ3) is 5.18. The Labute approximate surface area is 205 Å². The quantitative estimate of drug-likeness (QED) is 0.494. The van der Waals surface area contributed by atoms with Gasteiger partial charge in [0.15, 0.2) is 0 Å². The lowest BCUT2D eigenvalue weighted by atomic mass is 9.62. The van der Waals surface area contributed by atoms with Gasteiger partial charge in [0.05, 0.1) is 24.9 Å². The number of nitrogens with one attached hydrogen (secondary N) is 1. The molecule has 2 atom stereocenters. The molecule has 192 valence electrons. The molecule has 2 N–H and O–H groups in total. The number of carbonyl (C=O) groups excluding carboxylic acids is 1. The number of rotatable bonds is 5. The minimum Gasteiger partial charge on any atom is -0.469 e. The molecule has 3 aromatic rings. The summed E-state index contributed by atoms with van der Waals surface area (Å²) < 4.78 is 45.4. The lowest BCUT2D eigenvalue weighted by Crippen LogP contribution is -2.45. The van der Waals surface area contributed by atoms with Gasteiger partial charge < -0.3 is 15.2 Å². The first-order valence-corrected chi connectivity index (χ1v) is 11.3. The molecule has 9 nitrogen and oxygen atoms in total. The van der Waals surface area contributed by atoms with Crippen molar-refractivity contribution in [3.05, 3.63) is 53.6 Å². The van der Waals surface area contributed by atoms with E-state index in [1.54, 1.807) is 18.3 Å². The van der Waals surface area contributed by atoms with Crippen molar-refractivity contribution in [1.29, 1.82) is 0 Å². The fraction of sp³-hybridized carbons (Fsp3) is 0.458. The molecule has 0 bridgehead atoms. The largest absolute Gasteiger partial charge is 0.469 e. The highest BCUT2D eigenvalue weighted by Gasteiger charge is 2.49. The number of aromatic nitrogens is 5. The SMILES string of the molecule is COC(=O)[C@H]1CC[C@](O)(c2cn(-c3cc(C)cc(Nc4nccc(C(F)(F)F)n4)c3)nn2)CC1(C)C. The number of alkyl halides is 3. The Bertz CT molecular complexity index is 1280. The number of anilines is 2. The summed E-state index contributed by atoms with van der Waals surface area (Å²) in [7, 11) is 1.36. The number of benzene rings is 1. The zero-order chi connectivity index (χ0) is 26.3. The van der Waals surface area contributed by atoms with Crippen LogP contribution in [0.15, 0.2) is 36.7 Å². The van der Waals surface area contributed by atoms with Crippen molar-refractivity contribution in [1.82, 2.24) is 25.0 Å². The van der Waals surface area contributed by atoms with Gasteiger partial charge in [0.25, 0.3) is 0 Å². The lowest BCUT2D eigenvalue weighted by molar-refractivity contribution is -0.158. The van der Waals surface area contributed by atoms with E-state index in [4.69, 9.17) is 4.74 Å². The maximum atomic E-state index is 13.0. The van der Waals surface area contributed by atoms with E-state index in [0.717, 1.165) is 17.8 Å². The third-order valence-corrected chi connectivity index (χ3v) is 6.52. The molecule has 4 rings (SSSR count). The van der Waals surface area contributed by atoms with E-state index in [1.807, 2.05) is 26.8 Å². The molecule has 0 aliphatic heterocycles. The fourth-order valence-electron chi connectivity index (χ4n) is 4.81. The highest BCUT2D eigenvalue weighted by Crippen LogP contribution is 2.49. The summed E-state index contributed by atoms with van der Waals surface area (Å²) in [5.41, 5.74) is -0.632. The van der Waals surface area contributed by atoms with Crippen molar-refractivity contribution in [3.8, 4) is 5.69 Å². The van der Waals surface area contributed by atoms with Gasteiger partial charge >= 0.3 is 12.1 Å². The lowest BCUT2D eigenvalue weighted by Gasteiger charge is -2.44. The van der Waals surface area contributed by atoms with Crippen molar-refractivity contribution in [3.63, 3.8) is 0 Å². The van der Waals surface area contributed by atoms with Crippen LogP contribution in [0.1, 0.15) is 50.1 Å². The smallest absolute Gasteiger partial charge is 0.433 e. The van der Waals surface area contributed by atoms with Gasteiger partial charge in [0.2, 0.25) is 5.95 Å². The van der Waals surface area contributed by atoms with E-state index >= 15 is 0 Å². The monoisotopic (exact) mass is 504 g/mol. The first-order valence-electron chi connectivity index (χ1n) is 11.3. The molecule has 0 radical (unpaired) electrons. The molecule has 36 heavy (non-hydrogen) atoms. The van der Waals surface area contributed by atoms with Gasteiger partial charge in [-0.25, -0.2) is 14.6 Å². The van der Waals surface area contributed by atoms with Crippen molar-refractivity contribution < 1.29 is 27.8 Å². The van der Waals surface area contributed by atoms with Gasteiger partial charge in [-0.3, -0.25) is 4.79 Å². The normalized spacial score (nSPS) is 21.7. The van der Waals surface area contributed by atoms with E-state index in [1.165, 1.54) is 11.8 Å². The van der Waals surface area contributed by atoms with Crippen LogP contribution in [0.25, 0.3) is 5.69 Å². The van der Waals surface area contributed by atoms with Crippen LogP contribution in [-0.4, -0.2) is 43.1 Å². The van der Waals surface area contributed by atoms with Crippen LogP contribution in [0.2, 0.25) is 0 Å². The maximum absolute atomic E-state index is 13.0. The second-order valence-corrected chi connectivity index (χ2v) is 9.81. The Balaban J connectivity index is 1.58. The summed E-state index contributed by atoms with van der Waals surface area (Å²) in [6.07, 6.45) is -0.866. The van der Waals surface area contributed by atoms with Gasteiger partial charge in [0.1, 0.15) is 17.0 Å². The molecule has 2 aromatic heterocycles. The molecular formula is C24H27F3N6O3. The number of aryl methyl sites for hydroxylation is 1. The molecule has 0 amide bonds. The molecule has 1 fully saturated rings. The van der Waals surface area contributed by atoms with Crippen molar-refractivity contribution >= 4 is 17.6 Å². The first kappa shape index (κ1) is 25.5. The van der Waals surface area contributed by atoms with Crippen LogP contribution in [-0.2, 0) is 21.3 Å². The summed E-state index contributed by atoms with van der Waals surface area (Å²) in [6, 6.07) is 6.01. The predicted molar refractivity (Wildman–Crippen MR) is 123 cm³/mol. The number of aliphatic hydroxyl groups is 1. The molecule has 12 heteroatoms. The highest BCUT2D eigenvalue weighted by molar-refractivity contribution is 5.73. The van der Waals surface area contributed by atoms with Crippen LogP contribution >= 0.6 is 0 Å². The van der Waals surface area contributed by atoms with Crippen molar-refractivity contribution in [2.45, 2.75) is 51.8 Å². The number of hydrogen-bond acceptors (Lipinski definition) is 8. The Morgan fingerprint density at radius 1 is 1.28 bits per heavy atom. The summed E-state index contributed by atoms with van der Waals surface area (Å²) in [6.45, 7) is 5.65. The van der Waals surface area contributed by atoms with Crippen LogP contribution < -0.4 is 5.32 Å². The predicted octanol–water partition coefficient (Wildman–Crippen LogP) is 4.32. The molecule has 0 saturated heterocycles. The van der Waals surface area contributed by atoms with E-state index < -0.39 is 22.9 Å². The molecular weight excluding hydrogens is 477 g/mol.